The van der Waals surface area contributed by atoms with Gasteiger partial charge in [0, 0.05) is 43.7 Å². The number of likely N-dealkylation sites (tertiary alicyclic amines) is 1. The molecule has 0 radical (unpaired) electrons. The first-order valence-corrected chi connectivity index (χ1v) is 11.8. The number of carbonyl (C=O) groups excluding carboxylic acids is 3. The van der Waals surface area contributed by atoms with Gasteiger partial charge in [-0.05, 0) is 42.7 Å². The molecule has 0 bridgehead atoms. The highest BCUT2D eigenvalue weighted by molar-refractivity contribution is 8.00. The maximum atomic E-state index is 13.1. The van der Waals surface area contributed by atoms with Crippen LogP contribution in [0.2, 0.25) is 0 Å². The van der Waals surface area contributed by atoms with Crippen molar-refractivity contribution in [2.75, 3.05) is 31.9 Å². The van der Waals surface area contributed by atoms with E-state index in [0.29, 0.717) is 51.3 Å². The van der Waals surface area contributed by atoms with Gasteiger partial charge in [0.05, 0.1) is 5.75 Å². The topological polar surface area (TPSA) is 60.9 Å². The molecule has 0 saturated carbocycles. The Morgan fingerprint density at radius 3 is 2.28 bits per heavy atom. The first kappa shape index (κ1) is 22.3. The Bertz CT molecular complexity index is 962. The van der Waals surface area contributed by atoms with E-state index >= 15 is 0 Å². The number of thioether (sulfide) groups is 1. The van der Waals surface area contributed by atoms with E-state index < -0.39 is 11.8 Å². The maximum Gasteiger partial charge on any atom is 0.312 e. The van der Waals surface area contributed by atoms with Crippen molar-refractivity contribution in [2.24, 2.45) is 0 Å². The van der Waals surface area contributed by atoms with E-state index in [9.17, 15) is 18.8 Å². The fourth-order valence-corrected chi connectivity index (χ4v) is 5.00. The summed E-state index contributed by atoms with van der Waals surface area (Å²) in [6, 6.07) is 15.8. The van der Waals surface area contributed by atoms with Gasteiger partial charge in [-0.2, -0.15) is 0 Å². The summed E-state index contributed by atoms with van der Waals surface area (Å²) >= 11 is 1.53. The predicted molar refractivity (Wildman–Crippen MR) is 120 cm³/mol. The molecule has 2 aliphatic heterocycles. The standard InChI is InChI=1S/C24H26FN3O3S/c25-19-8-6-18(7-9-19)16-27-14-15-28(24(31)23(27)30)20-10-12-26(13-11-20)22(29)17-32-21-4-2-1-3-5-21/h1-9,20H,10-17H2. The van der Waals surface area contributed by atoms with Gasteiger partial charge in [-0.1, -0.05) is 30.3 Å². The lowest BCUT2D eigenvalue weighted by Crippen LogP contribution is -2.59. The van der Waals surface area contributed by atoms with Crippen molar-refractivity contribution in [3.8, 4) is 0 Å². The minimum atomic E-state index is -0.515. The van der Waals surface area contributed by atoms with E-state index in [1.165, 1.54) is 28.8 Å². The van der Waals surface area contributed by atoms with Crippen LogP contribution in [0.1, 0.15) is 18.4 Å². The lowest BCUT2D eigenvalue weighted by molar-refractivity contribution is -0.159. The fourth-order valence-electron chi connectivity index (χ4n) is 4.18. The van der Waals surface area contributed by atoms with Crippen molar-refractivity contribution in [1.82, 2.24) is 14.7 Å². The molecule has 32 heavy (non-hydrogen) atoms. The SMILES string of the molecule is O=C(CSc1ccccc1)N1CCC(N2CCN(Cc3ccc(F)cc3)C(=O)C2=O)CC1. The van der Waals surface area contributed by atoms with Crippen molar-refractivity contribution in [3.63, 3.8) is 0 Å². The predicted octanol–water partition coefficient (Wildman–Crippen LogP) is 2.78. The summed E-state index contributed by atoms with van der Waals surface area (Å²) < 4.78 is 13.1. The van der Waals surface area contributed by atoms with Crippen LogP contribution in [-0.4, -0.2) is 70.4 Å². The van der Waals surface area contributed by atoms with Gasteiger partial charge in [-0.15, -0.1) is 11.8 Å². The van der Waals surface area contributed by atoms with E-state index in [1.54, 1.807) is 17.0 Å². The molecule has 0 atom stereocenters. The second-order valence-electron chi connectivity index (χ2n) is 8.07. The Labute approximate surface area is 191 Å². The largest absolute Gasteiger partial charge is 0.342 e. The van der Waals surface area contributed by atoms with Crippen LogP contribution in [0.4, 0.5) is 4.39 Å². The average Bonchev–Trinajstić information content (AvgIpc) is 2.83. The molecule has 2 saturated heterocycles. The van der Waals surface area contributed by atoms with Gasteiger partial charge < -0.3 is 14.7 Å². The lowest BCUT2D eigenvalue weighted by Gasteiger charge is -2.42. The third-order valence-corrected chi connectivity index (χ3v) is 6.99. The summed E-state index contributed by atoms with van der Waals surface area (Å²) in [5.74, 6) is -0.830. The Balaban J connectivity index is 1.25. The highest BCUT2D eigenvalue weighted by atomic mass is 32.2. The molecular formula is C24H26FN3O3S. The van der Waals surface area contributed by atoms with Crippen LogP contribution in [0.25, 0.3) is 0 Å². The Morgan fingerprint density at radius 1 is 0.906 bits per heavy atom. The second-order valence-corrected chi connectivity index (χ2v) is 9.11. The average molecular weight is 456 g/mol. The highest BCUT2D eigenvalue weighted by Crippen LogP contribution is 2.23. The number of piperidine rings is 1. The number of halogens is 1. The Morgan fingerprint density at radius 2 is 1.59 bits per heavy atom. The summed E-state index contributed by atoms with van der Waals surface area (Å²) in [5.41, 5.74) is 0.793. The minimum Gasteiger partial charge on any atom is -0.342 e. The van der Waals surface area contributed by atoms with Crippen LogP contribution >= 0.6 is 11.8 Å². The molecule has 0 aromatic heterocycles. The summed E-state index contributed by atoms with van der Waals surface area (Å²) in [6.07, 6.45) is 1.36. The highest BCUT2D eigenvalue weighted by Gasteiger charge is 2.37. The van der Waals surface area contributed by atoms with Crippen molar-refractivity contribution in [1.29, 1.82) is 0 Å². The number of rotatable bonds is 6. The van der Waals surface area contributed by atoms with Gasteiger partial charge in [0.25, 0.3) is 0 Å². The quantitative estimate of drug-likeness (QED) is 0.497. The molecule has 2 fully saturated rings. The van der Waals surface area contributed by atoms with Gasteiger partial charge in [0.1, 0.15) is 5.82 Å². The summed E-state index contributed by atoms with van der Waals surface area (Å²) in [5, 5.41) is 0. The molecule has 4 rings (SSSR count). The minimum absolute atomic E-state index is 0.0229. The Kier molecular flexibility index (Phi) is 7.09. The molecule has 2 heterocycles. The monoisotopic (exact) mass is 455 g/mol. The van der Waals surface area contributed by atoms with E-state index in [0.717, 1.165) is 10.5 Å². The number of hydrogen-bond donors (Lipinski definition) is 0. The molecule has 0 spiro atoms. The summed E-state index contributed by atoms with van der Waals surface area (Å²) in [6.45, 7) is 2.42. The second kappa shape index (κ2) is 10.2. The zero-order valence-electron chi connectivity index (χ0n) is 17.8. The molecule has 6 nitrogen and oxygen atoms in total. The molecule has 3 amide bonds. The van der Waals surface area contributed by atoms with Crippen LogP contribution in [0.3, 0.4) is 0 Å². The molecule has 2 aromatic rings. The zero-order valence-corrected chi connectivity index (χ0v) is 18.6. The number of piperazine rings is 1. The Hall–Kier alpha value is -2.87. The maximum absolute atomic E-state index is 13.1. The van der Waals surface area contributed by atoms with Crippen LogP contribution < -0.4 is 0 Å². The van der Waals surface area contributed by atoms with Gasteiger partial charge in [-0.3, -0.25) is 14.4 Å². The molecule has 168 valence electrons. The molecule has 2 aliphatic rings. The van der Waals surface area contributed by atoms with E-state index in [-0.39, 0.29) is 17.8 Å². The number of amides is 3. The van der Waals surface area contributed by atoms with Crippen molar-refractivity contribution < 1.29 is 18.8 Å². The molecule has 0 N–H and O–H groups in total. The van der Waals surface area contributed by atoms with Gasteiger partial charge in [0.2, 0.25) is 5.91 Å². The molecule has 0 aliphatic carbocycles. The van der Waals surface area contributed by atoms with Crippen molar-refractivity contribution >= 4 is 29.5 Å². The zero-order chi connectivity index (χ0) is 22.5. The number of benzene rings is 2. The third-order valence-electron chi connectivity index (χ3n) is 5.99. The summed E-state index contributed by atoms with van der Waals surface area (Å²) in [4.78, 5) is 44.0. The third kappa shape index (κ3) is 5.30. The number of nitrogens with zero attached hydrogens (tertiary/aromatic N) is 3. The van der Waals surface area contributed by atoms with Crippen molar-refractivity contribution in [2.45, 2.75) is 30.3 Å². The lowest BCUT2D eigenvalue weighted by atomic mass is 10.0. The van der Waals surface area contributed by atoms with Gasteiger partial charge >= 0.3 is 11.8 Å². The first-order chi connectivity index (χ1) is 15.5. The van der Waals surface area contributed by atoms with E-state index in [2.05, 4.69) is 0 Å². The van der Waals surface area contributed by atoms with Crippen LogP contribution in [-0.2, 0) is 20.9 Å². The molecule has 0 unspecified atom stereocenters. The number of carbonyl (C=O) groups is 3. The van der Waals surface area contributed by atoms with Crippen LogP contribution in [0, 0.1) is 5.82 Å². The van der Waals surface area contributed by atoms with Gasteiger partial charge in [-0.25, -0.2) is 4.39 Å². The van der Waals surface area contributed by atoms with E-state index in [1.807, 2.05) is 35.2 Å². The van der Waals surface area contributed by atoms with Crippen molar-refractivity contribution in [3.05, 3.63) is 66.0 Å². The van der Waals surface area contributed by atoms with Crippen LogP contribution in [0.15, 0.2) is 59.5 Å². The molecule has 8 heteroatoms. The smallest absolute Gasteiger partial charge is 0.312 e. The van der Waals surface area contributed by atoms with Crippen LogP contribution in [0.5, 0.6) is 0 Å². The number of hydrogen-bond acceptors (Lipinski definition) is 4. The van der Waals surface area contributed by atoms with E-state index in [4.69, 9.17) is 0 Å². The molecule has 2 aromatic carbocycles. The fraction of sp³-hybridized carbons (Fsp3) is 0.375. The summed E-state index contributed by atoms with van der Waals surface area (Å²) in [7, 11) is 0. The first-order valence-electron chi connectivity index (χ1n) is 10.8. The molecular weight excluding hydrogens is 429 g/mol. The van der Waals surface area contributed by atoms with Gasteiger partial charge in [0.15, 0.2) is 0 Å². The normalized spacial score (nSPS) is 17.7.